The highest BCUT2D eigenvalue weighted by Crippen LogP contribution is 2.25. The molecular weight excluding hydrogens is 399 g/mol. The third-order valence-electron chi connectivity index (χ3n) is 4.40. The van der Waals surface area contributed by atoms with E-state index in [9.17, 15) is 9.59 Å². The standard InChI is InChI=1S/C21H20Cl2N2O3/c1-3-25(12-20(26)24-18-10-15(22)5-7-17(18)23)11-14-9-21(27)28-19-8-13(2)4-6-16(14)19/h4-10H,3,11-12H2,1-2H3,(H,24,26). The SMILES string of the molecule is CCN(CC(=O)Nc1cc(Cl)ccc1Cl)Cc1cc(=O)oc2cc(C)ccc12. The summed E-state index contributed by atoms with van der Waals surface area (Å²) < 4.78 is 5.30. The lowest BCUT2D eigenvalue weighted by Crippen LogP contribution is -2.33. The van der Waals surface area contributed by atoms with Gasteiger partial charge in [-0.15, -0.1) is 0 Å². The maximum absolute atomic E-state index is 12.5. The first kappa shape index (κ1) is 20.4. The number of nitrogens with one attached hydrogen (secondary N) is 1. The fraction of sp³-hybridized carbons (Fsp3) is 0.238. The minimum atomic E-state index is -0.403. The molecule has 0 radical (unpaired) electrons. The van der Waals surface area contributed by atoms with Gasteiger partial charge >= 0.3 is 5.63 Å². The molecule has 3 aromatic rings. The first-order valence-corrected chi connectivity index (χ1v) is 9.62. The average Bonchev–Trinajstić information content (AvgIpc) is 2.63. The largest absolute Gasteiger partial charge is 0.423 e. The van der Waals surface area contributed by atoms with Gasteiger partial charge in [0.15, 0.2) is 0 Å². The van der Waals surface area contributed by atoms with Crippen LogP contribution in [0.15, 0.2) is 51.7 Å². The van der Waals surface area contributed by atoms with E-state index in [1.807, 2.05) is 36.9 Å². The zero-order chi connectivity index (χ0) is 20.3. The monoisotopic (exact) mass is 418 g/mol. The Kier molecular flexibility index (Phi) is 6.39. The summed E-state index contributed by atoms with van der Waals surface area (Å²) >= 11 is 12.1. The number of halogens is 2. The van der Waals surface area contributed by atoms with Crippen LogP contribution in [0.1, 0.15) is 18.1 Å². The zero-order valence-corrected chi connectivity index (χ0v) is 17.1. The topological polar surface area (TPSA) is 62.6 Å². The molecule has 0 aliphatic heterocycles. The molecule has 0 atom stereocenters. The summed E-state index contributed by atoms with van der Waals surface area (Å²) in [5.41, 5.74) is 2.45. The van der Waals surface area contributed by atoms with Crippen LogP contribution in [0.5, 0.6) is 0 Å². The number of rotatable bonds is 6. The Morgan fingerprint density at radius 2 is 1.93 bits per heavy atom. The molecular formula is C21H20Cl2N2O3. The fourth-order valence-corrected chi connectivity index (χ4v) is 3.31. The minimum absolute atomic E-state index is 0.146. The highest BCUT2D eigenvalue weighted by atomic mass is 35.5. The van der Waals surface area contributed by atoms with Crippen LogP contribution in [0.2, 0.25) is 10.0 Å². The smallest absolute Gasteiger partial charge is 0.336 e. The number of carbonyl (C=O) groups excluding carboxylic acids is 1. The van der Waals surface area contributed by atoms with Crippen molar-refractivity contribution in [1.82, 2.24) is 4.90 Å². The Labute approximate surface area is 172 Å². The number of hydrogen-bond acceptors (Lipinski definition) is 4. The van der Waals surface area contributed by atoms with Gasteiger partial charge in [0, 0.05) is 23.0 Å². The summed E-state index contributed by atoms with van der Waals surface area (Å²) in [5.74, 6) is -0.214. The highest BCUT2D eigenvalue weighted by Gasteiger charge is 2.14. The lowest BCUT2D eigenvalue weighted by molar-refractivity contribution is -0.117. The van der Waals surface area contributed by atoms with Crippen LogP contribution in [0.25, 0.3) is 11.0 Å². The molecule has 0 fully saturated rings. The first-order valence-electron chi connectivity index (χ1n) is 8.86. The van der Waals surface area contributed by atoms with Gasteiger partial charge in [-0.1, -0.05) is 42.3 Å². The molecule has 1 heterocycles. The normalized spacial score (nSPS) is 11.2. The fourth-order valence-electron chi connectivity index (χ4n) is 2.97. The van der Waals surface area contributed by atoms with Crippen molar-refractivity contribution in [3.8, 4) is 0 Å². The molecule has 7 heteroatoms. The quantitative estimate of drug-likeness (QED) is 0.580. The van der Waals surface area contributed by atoms with Gasteiger partial charge in [0.1, 0.15) is 5.58 Å². The van der Waals surface area contributed by atoms with Gasteiger partial charge in [0.2, 0.25) is 5.91 Å². The van der Waals surface area contributed by atoms with E-state index in [-0.39, 0.29) is 12.5 Å². The second kappa shape index (κ2) is 8.78. The zero-order valence-electron chi connectivity index (χ0n) is 15.6. The number of carbonyl (C=O) groups is 1. The highest BCUT2D eigenvalue weighted by molar-refractivity contribution is 6.35. The van der Waals surface area contributed by atoms with Crippen molar-refractivity contribution in [3.05, 3.63) is 74.1 Å². The van der Waals surface area contributed by atoms with E-state index in [0.717, 1.165) is 16.5 Å². The minimum Gasteiger partial charge on any atom is -0.423 e. The van der Waals surface area contributed by atoms with Crippen LogP contribution in [-0.2, 0) is 11.3 Å². The summed E-state index contributed by atoms with van der Waals surface area (Å²) in [6.45, 7) is 5.11. The molecule has 0 spiro atoms. The summed E-state index contributed by atoms with van der Waals surface area (Å²) in [6, 6.07) is 12.1. The van der Waals surface area contributed by atoms with E-state index in [1.165, 1.54) is 6.07 Å². The first-order chi connectivity index (χ1) is 13.4. The number of likely N-dealkylation sites (N-methyl/N-ethyl adjacent to an activating group) is 1. The predicted molar refractivity (Wildman–Crippen MR) is 113 cm³/mol. The van der Waals surface area contributed by atoms with E-state index in [0.29, 0.717) is 34.4 Å². The molecule has 28 heavy (non-hydrogen) atoms. The predicted octanol–water partition coefficient (Wildman–Crippen LogP) is 4.87. The van der Waals surface area contributed by atoms with Crippen LogP contribution in [0.3, 0.4) is 0 Å². The van der Waals surface area contributed by atoms with Crippen molar-refractivity contribution in [2.45, 2.75) is 20.4 Å². The van der Waals surface area contributed by atoms with Gasteiger partial charge in [-0.25, -0.2) is 4.79 Å². The van der Waals surface area contributed by atoms with Crippen LogP contribution in [0.4, 0.5) is 5.69 Å². The molecule has 0 bridgehead atoms. The Balaban J connectivity index is 1.77. The van der Waals surface area contributed by atoms with E-state index in [2.05, 4.69) is 5.32 Å². The summed E-state index contributed by atoms with van der Waals surface area (Å²) in [6.07, 6.45) is 0. The summed E-state index contributed by atoms with van der Waals surface area (Å²) in [4.78, 5) is 26.3. The van der Waals surface area contributed by atoms with Crippen molar-refractivity contribution in [2.24, 2.45) is 0 Å². The molecule has 1 amide bonds. The van der Waals surface area contributed by atoms with Gasteiger partial charge in [-0.3, -0.25) is 9.69 Å². The number of aryl methyl sites for hydroxylation is 1. The Morgan fingerprint density at radius 3 is 2.68 bits per heavy atom. The second-order valence-corrected chi connectivity index (χ2v) is 7.41. The number of amides is 1. The van der Waals surface area contributed by atoms with Gasteiger partial charge in [0.05, 0.1) is 17.3 Å². The van der Waals surface area contributed by atoms with Crippen LogP contribution in [0, 0.1) is 6.92 Å². The van der Waals surface area contributed by atoms with Crippen molar-refractivity contribution in [1.29, 1.82) is 0 Å². The van der Waals surface area contributed by atoms with Crippen molar-refractivity contribution in [3.63, 3.8) is 0 Å². The lowest BCUT2D eigenvalue weighted by atomic mass is 10.1. The van der Waals surface area contributed by atoms with E-state index >= 15 is 0 Å². The molecule has 0 aliphatic rings. The molecule has 146 valence electrons. The molecule has 0 unspecified atom stereocenters. The van der Waals surface area contributed by atoms with E-state index in [4.69, 9.17) is 27.6 Å². The molecule has 1 aromatic heterocycles. The Morgan fingerprint density at radius 1 is 1.14 bits per heavy atom. The maximum atomic E-state index is 12.5. The van der Waals surface area contributed by atoms with Crippen LogP contribution < -0.4 is 10.9 Å². The van der Waals surface area contributed by atoms with Crippen LogP contribution >= 0.6 is 23.2 Å². The molecule has 2 aromatic carbocycles. The lowest BCUT2D eigenvalue weighted by Gasteiger charge is -2.21. The van der Waals surface area contributed by atoms with Gasteiger partial charge in [-0.05, 0) is 48.9 Å². The van der Waals surface area contributed by atoms with Gasteiger partial charge < -0.3 is 9.73 Å². The van der Waals surface area contributed by atoms with Gasteiger partial charge in [-0.2, -0.15) is 0 Å². The number of benzene rings is 2. The molecule has 0 aliphatic carbocycles. The molecule has 3 rings (SSSR count). The van der Waals surface area contributed by atoms with Crippen molar-refractivity contribution < 1.29 is 9.21 Å². The number of anilines is 1. The summed E-state index contributed by atoms with van der Waals surface area (Å²) in [5, 5.41) is 4.55. The Bertz CT molecular complexity index is 1080. The maximum Gasteiger partial charge on any atom is 0.336 e. The van der Waals surface area contributed by atoms with E-state index < -0.39 is 5.63 Å². The number of hydrogen-bond donors (Lipinski definition) is 1. The summed E-state index contributed by atoms with van der Waals surface area (Å²) in [7, 11) is 0. The molecule has 0 saturated heterocycles. The molecule has 0 saturated carbocycles. The average molecular weight is 419 g/mol. The third kappa shape index (κ3) is 4.93. The van der Waals surface area contributed by atoms with Gasteiger partial charge in [0.25, 0.3) is 0 Å². The van der Waals surface area contributed by atoms with Crippen molar-refractivity contribution in [2.75, 3.05) is 18.4 Å². The molecule has 1 N–H and O–H groups in total. The van der Waals surface area contributed by atoms with E-state index in [1.54, 1.807) is 18.2 Å². The Hall–Kier alpha value is -2.34. The number of nitrogens with zero attached hydrogens (tertiary/aromatic N) is 1. The molecule has 5 nitrogen and oxygen atoms in total. The van der Waals surface area contributed by atoms with Crippen LogP contribution in [-0.4, -0.2) is 23.9 Å². The second-order valence-electron chi connectivity index (χ2n) is 6.57. The van der Waals surface area contributed by atoms with Crippen molar-refractivity contribution >= 4 is 45.8 Å². The third-order valence-corrected chi connectivity index (χ3v) is 4.96. The number of fused-ring (bicyclic) bond motifs is 1.